The maximum atomic E-state index is 13.9. The van der Waals surface area contributed by atoms with Gasteiger partial charge in [0.15, 0.2) is 0 Å². The number of sulfonamides is 1. The van der Waals surface area contributed by atoms with Crippen LogP contribution in [-0.4, -0.2) is 38.5 Å². The van der Waals surface area contributed by atoms with Gasteiger partial charge >= 0.3 is 0 Å². The van der Waals surface area contributed by atoms with Crippen LogP contribution in [0.3, 0.4) is 0 Å². The van der Waals surface area contributed by atoms with E-state index in [4.69, 9.17) is 0 Å². The van der Waals surface area contributed by atoms with Crippen LogP contribution in [0.15, 0.2) is 52.3 Å². The first-order valence-corrected chi connectivity index (χ1v) is 10.5. The lowest BCUT2D eigenvalue weighted by molar-refractivity contribution is 0.0934. The Labute approximate surface area is 156 Å². The molecule has 0 aliphatic carbocycles. The summed E-state index contributed by atoms with van der Waals surface area (Å²) in [5, 5.41) is 2.92. The first-order valence-electron chi connectivity index (χ1n) is 8.05. The number of halogens is 1. The summed E-state index contributed by atoms with van der Waals surface area (Å²) in [4.78, 5) is 13.2. The Morgan fingerprint density at radius 1 is 1.19 bits per heavy atom. The highest BCUT2D eigenvalue weighted by Gasteiger charge is 2.25. The van der Waals surface area contributed by atoms with Crippen LogP contribution >= 0.6 is 11.8 Å². The minimum atomic E-state index is -3.53. The predicted molar refractivity (Wildman–Crippen MR) is 99.3 cm³/mol. The van der Waals surface area contributed by atoms with Crippen molar-refractivity contribution in [3.8, 4) is 0 Å². The van der Waals surface area contributed by atoms with Gasteiger partial charge in [-0.25, -0.2) is 17.1 Å². The molecule has 5 nitrogen and oxygen atoms in total. The number of hydrogen-bond donors (Lipinski definition) is 1. The molecule has 0 fully saturated rings. The molecule has 8 heteroatoms. The normalized spacial score (nSPS) is 17.0. The van der Waals surface area contributed by atoms with Crippen molar-refractivity contribution in [3.05, 3.63) is 59.4 Å². The van der Waals surface area contributed by atoms with E-state index < -0.39 is 10.0 Å². The first-order chi connectivity index (χ1) is 12.3. The number of thioether (sulfide) groups is 1. The molecule has 0 spiro atoms. The Hall–Kier alpha value is -1.90. The molecule has 0 saturated heterocycles. The highest BCUT2D eigenvalue weighted by molar-refractivity contribution is 7.99. The molecule has 138 valence electrons. The number of hydrogen-bond acceptors (Lipinski definition) is 4. The number of carbonyl (C=O) groups is 1. The van der Waals surface area contributed by atoms with Gasteiger partial charge in [-0.3, -0.25) is 4.79 Å². The van der Waals surface area contributed by atoms with Gasteiger partial charge < -0.3 is 5.32 Å². The van der Waals surface area contributed by atoms with E-state index in [1.54, 1.807) is 6.07 Å². The van der Waals surface area contributed by atoms with Crippen molar-refractivity contribution in [1.82, 2.24) is 9.62 Å². The van der Waals surface area contributed by atoms with Gasteiger partial charge in [0.25, 0.3) is 5.91 Å². The quantitative estimate of drug-likeness (QED) is 0.866. The molecule has 1 atom stereocenters. The van der Waals surface area contributed by atoms with Crippen molar-refractivity contribution in [1.29, 1.82) is 0 Å². The minimum Gasteiger partial charge on any atom is -0.345 e. The van der Waals surface area contributed by atoms with Gasteiger partial charge in [-0.2, -0.15) is 0 Å². The number of amides is 1. The average molecular weight is 394 g/mol. The Balaban J connectivity index is 1.79. The zero-order valence-electron chi connectivity index (χ0n) is 14.4. The van der Waals surface area contributed by atoms with Crippen molar-refractivity contribution in [2.24, 2.45) is 0 Å². The fraction of sp³-hybridized carbons (Fsp3) is 0.278. The van der Waals surface area contributed by atoms with Crippen molar-refractivity contribution in [2.75, 3.05) is 19.8 Å². The molecular formula is C18H19FN2O3S2. The predicted octanol–water partition coefficient (Wildman–Crippen LogP) is 3.04. The molecule has 26 heavy (non-hydrogen) atoms. The Bertz CT molecular complexity index is 928. The summed E-state index contributed by atoms with van der Waals surface area (Å²) in [6.45, 7) is 0. The number of nitrogens with zero attached hydrogens (tertiary/aromatic N) is 1. The molecule has 1 heterocycles. The third-order valence-electron chi connectivity index (χ3n) is 4.23. The summed E-state index contributed by atoms with van der Waals surface area (Å²) in [6.07, 6.45) is 0.708. The van der Waals surface area contributed by atoms with Crippen LogP contribution in [0, 0.1) is 5.82 Å². The Morgan fingerprint density at radius 2 is 1.88 bits per heavy atom. The van der Waals surface area contributed by atoms with E-state index in [0.29, 0.717) is 16.9 Å². The summed E-state index contributed by atoms with van der Waals surface area (Å²) in [5.74, 6) is 0.134. The van der Waals surface area contributed by atoms with Crippen molar-refractivity contribution in [3.63, 3.8) is 0 Å². The third-order valence-corrected chi connectivity index (χ3v) is 7.21. The highest BCUT2D eigenvalue weighted by atomic mass is 32.2. The van der Waals surface area contributed by atoms with Gasteiger partial charge in [0, 0.05) is 30.3 Å². The molecule has 1 N–H and O–H groups in total. The maximum absolute atomic E-state index is 13.9. The smallest absolute Gasteiger partial charge is 0.251 e. The van der Waals surface area contributed by atoms with E-state index in [1.165, 1.54) is 56.2 Å². The van der Waals surface area contributed by atoms with Gasteiger partial charge in [-0.05, 0) is 42.3 Å². The molecule has 0 aromatic heterocycles. The zero-order valence-corrected chi connectivity index (χ0v) is 16.0. The van der Waals surface area contributed by atoms with Crippen molar-refractivity contribution < 1.29 is 17.6 Å². The molecule has 0 saturated carbocycles. The number of carbonyl (C=O) groups excluding carboxylic acids is 1. The van der Waals surface area contributed by atoms with Crippen molar-refractivity contribution in [2.45, 2.75) is 22.3 Å². The van der Waals surface area contributed by atoms with E-state index in [0.717, 1.165) is 15.6 Å². The molecule has 1 amide bonds. The van der Waals surface area contributed by atoms with E-state index >= 15 is 0 Å². The average Bonchev–Trinajstić information content (AvgIpc) is 2.62. The maximum Gasteiger partial charge on any atom is 0.251 e. The van der Waals surface area contributed by atoms with Crippen LogP contribution in [-0.2, 0) is 10.0 Å². The van der Waals surface area contributed by atoms with Gasteiger partial charge in [0.2, 0.25) is 10.0 Å². The Kier molecular flexibility index (Phi) is 5.36. The second-order valence-electron chi connectivity index (χ2n) is 6.13. The fourth-order valence-corrected chi connectivity index (χ4v) is 4.81. The third kappa shape index (κ3) is 3.62. The fourth-order valence-electron chi connectivity index (χ4n) is 2.77. The lowest BCUT2D eigenvalue weighted by atomic mass is 10.0. The largest absolute Gasteiger partial charge is 0.345 e. The molecular weight excluding hydrogens is 375 g/mol. The second-order valence-corrected chi connectivity index (χ2v) is 9.39. The monoisotopic (exact) mass is 394 g/mol. The summed E-state index contributed by atoms with van der Waals surface area (Å²) >= 11 is 1.45. The molecule has 0 bridgehead atoms. The van der Waals surface area contributed by atoms with Crippen LogP contribution in [0.5, 0.6) is 0 Å². The molecule has 3 rings (SSSR count). The van der Waals surface area contributed by atoms with E-state index in [2.05, 4.69) is 5.32 Å². The number of nitrogens with one attached hydrogen (secondary N) is 1. The summed E-state index contributed by atoms with van der Waals surface area (Å²) < 4.78 is 39.2. The van der Waals surface area contributed by atoms with Crippen molar-refractivity contribution >= 4 is 27.7 Å². The van der Waals surface area contributed by atoms with E-state index in [-0.39, 0.29) is 22.7 Å². The first kappa shape index (κ1) is 18.9. The highest BCUT2D eigenvalue weighted by Crippen LogP contribution is 2.37. The van der Waals surface area contributed by atoms with Crippen LogP contribution in [0.1, 0.15) is 28.4 Å². The second kappa shape index (κ2) is 7.38. The number of fused-ring (bicyclic) bond motifs is 1. The molecule has 0 radical (unpaired) electrons. The summed E-state index contributed by atoms with van der Waals surface area (Å²) in [5.41, 5.74) is 1.14. The summed E-state index contributed by atoms with van der Waals surface area (Å²) in [6, 6.07) is 10.4. The number of rotatable bonds is 4. The van der Waals surface area contributed by atoms with E-state index in [9.17, 15) is 17.6 Å². The summed E-state index contributed by atoms with van der Waals surface area (Å²) in [7, 11) is -0.630. The lowest BCUT2D eigenvalue weighted by Crippen LogP contribution is -2.31. The zero-order chi connectivity index (χ0) is 18.9. The van der Waals surface area contributed by atoms with Gasteiger partial charge in [0.05, 0.1) is 10.9 Å². The molecule has 2 aromatic rings. The minimum absolute atomic E-state index is 0.125. The van der Waals surface area contributed by atoms with Crippen LogP contribution < -0.4 is 5.32 Å². The van der Waals surface area contributed by atoms with Crippen LogP contribution in [0.25, 0.3) is 0 Å². The molecule has 2 aromatic carbocycles. The topological polar surface area (TPSA) is 66.5 Å². The van der Waals surface area contributed by atoms with Gasteiger partial charge in [-0.15, -0.1) is 11.8 Å². The SMILES string of the molecule is CN(C)S(=O)(=O)c1ccc(C(=O)N[C@@H]2CCSc3c(F)cccc32)cc1. The molecule has 1 aliphatic rings. The van der Waals surface area contributed by atoms with E-state index in [1.807, 2.05) is 6.07 Å². The molecule has 1 aliphatic heterocycles. The standard InChI is InChI=1S/C18H19FN2O3S2/c1-21(2)26(23,24)13-8-6-12(7-9-13)18(22)20-16-10-11-25-17-14(16)4-3-5-15(17)19/h3-9,16H,10-11H2,1-2H3,(H,20,22)/t16-/m1/s1. The van der Waals surface area contributed by atoms with Gasteiger partial charge in [0.1, 0.15) is 5.82 Å². The lowest BCUT2D eigenvalue weighted by Gasteiger charge is -2.26. The van der Waals surface area contributed by atoms with Crippen LogP contribution in [0.4, 0.5) is 4.39 Å². The Morgan fingerprint density at radius 3 is 2.54 bits per heavy atom. The molecule has 0 unspecified atom stereocenters. The van der Waals surface area contributed by atoms with Gasteiger partial charge in [-0.1, -0.05) is 12.1 Å². The van der Waals surface area contributed by atoms with Crippen LogP contribution in [0.2, 0.25) is 0 Å². The number of benzene rings is 2.